The molecule has 0 aromatic heterocycles. The molecule has 0 bridgehead atoms. The predicted molar refractivity (Wildman–Crippen MR) is 118 cm³/mol. The molecule has 32 heavy (non-hydrogen) atoms. The van der Waals surface area contributed by atoms with Crippen LogP contribution in [0.4, 0.5) is 10.1 Å². The van der Waals surface area contributed by atoms with Gasteiger partial charge >= 0.3 is 0 Å². The first-order chi connectivity index (χ1) is 15.2. The van der Waals surface area contributed by atoms with Gasteiger partial charge in [-0.2, -0.15) is 0 Å². The number of hydrogen-bond acceptors (Lipinski definition) is 3. The highest BCUT2D eigenvalue weighted by Gasteiger charge is 2.56. The third-order valence-corrected chi connectivity index (χ3v) is 6.36. The van der Waals surface area contributed by atoms with Crippen molar-refractivity contribution in [2.75, 3.05) is 24.5 Å². The topological polar surface area (TPSA) is 60.9 Å². The molecule has 0 N–H and O–H groups in total. The van der Waals surface area contributed by atoms with Gasteiger partial charge in [-0.1, -0.05) is 29.7 Å². The monoisotopic (exact) mass is 453 g/mol. The van der Waals surface area contributed by atoms with Crippen LogP contribution in [0.3, 0.4) is 0 Å². The Morgan fingerprint density at radius 1 is 1.22 bits per heavy atom. The van der Waals surface area contributed by atoms with Crippen molar-refractivity contribution in [2.45, 2.75) is 25.4 Å². The second-order valence-corrected chi connectivity index (χ2v) is 8.47. The summed E-state index contributed by atoms with van der Waals surface area (Å²) in [5.74, 6) is 0.746. The number of rotatable bonds is 3. The summed E-state index contributed by atoms with van der Waals surface area (Å²) in [4.78, 5) is 43.4. The molecule has 2 saturated heterocycles. The summed E-state index contributed by atoms with van der Waals surface area (Å²) in [7, 11) is 0. The number of terminal acetylenes is 1. The maximum absolute atomic E-state index is 14.8. The van der Waals surface area contributed by atoms with Gasteiger partial charge < -0.3 is 9.80 Å². The second kappa shape index (κ2) is 8.29. The van der Waals surface area contributed by atoms with Crippen molar-refractivity contribution in [3.63, 3.8) is 0 Å². The van der Waals surface area contributed by atoms with E-state index in [0.717, 1.165) is 11.6 Å². The van der Waals surface area contributed by atoms with Crippen LogP contribution < -0.4 is 4.90 Å². The van der Waals surface area contributed by atoms with E-state index in [1.54, 1.807) is 29.2 Å². The Bertz CT molecular complexity index is 1140. The van der Waals surface area contributed by atoms with E-state index < -0.39 is 17.3 Å². The number of amides is 3. The third kappa shape index (κ3) is 3.71. The molecule has 0 saturated carbocycles. The zero-order valence-corrected chi connectivity index (χ0v) is 18.2. The fraction of sp³-hybridized carbons (Fsp3) is 0.292. The Morgan fingerprint density at radius 3 is 2.53 bits per heavy atom. The second-order valence-electron chi connectivity index (χ2n) is 8.03. The van der Waals surface area contributed by atoms with Crippen molar-refractivity contribution in [3.8, 4) is 12.3 Å². The summed E-state index contributed by atoms with van der Waals surface area (Å²) < 4.78 is 14.8. The van der Waals surface area contributed by atoms with E-state index in [2.05, 4.69) is 5.92 Å². The van der Waals surface area contributed by atoms with Gasteiger partial charge in [0.15, 0.2) is 0 Å². The van der Waals surface area contributed by atoms with Gasteiger partial charge in [-0.05, 0) is 42.3 Å². The molecule has 1 spiro atoms. The molecule has 6 nitrogen and oxygen atoms in total. The lowest BCUT2D eigenvalue weighted by Gasteiger charge is -2.47. The van der Waals surface area contributed by atoms with E-state index in [1.165, 1.54) is 28.9 Å². The number of benzene rings is 2. The summed E-state index contributed by atoms with van der Waals surface area (Å²) >= 11 is 5.97. The van der Waals surface area contributed by atoms with E-state index in [9.17, 15) is 18.8 Å². The van der Waals surface area contributed by atoms with E-state index in [0.29, 0.717) is 17.1 Å². The number of piperazine rings is 1. The zero-order valence-electron chi connectivity index (χ0n) is 17.5. The first kappa shape index (κ1) is 21.8. The fourth-order valence-corrected chi connectivity index (χ4v) is 4.50. The number of nitrogens with zero attached hydrogens (tertiary/aromatic N) is 3. The molecular weight excluding hydrogens is 433 g/mol. The van der Waals surface area contributed by atoms with Gasteiger partial charge in [0.25, 0.3) is 5.91 Å². The molecular formula is C24H21ClFN3O3. The standard InChI is InChI=1S/C24H21ClFN3O3/c1-3-17-6-9-21(20(26)12-17)28-14-22(31)29(13-18-4-7-19(25)8-5-18)24(23(28)32)10-11-27(15-24)16(2)30/h1,4-9,12H,10-11,13-15H2,2H3/t24-/m1/s1. The van der Waals surface area contributed by atoms with Crippen LogP contribution in [0.25, 0.3) is 0 Å². The summed E-state index contributed by atoms with van der Waals surface area (Å²) in [6.45, 7) is 1.69. The average Bonchev–Trinajstić information content (AvgIpc) is 3.22. The number of hydrogen-bond donors (Lipinski definition) is 0. The molecule has 3 amide bonds. The summed E-state index contributed by atoms with van der Waals surface area (Å²) in [6, 6.07) is 11.1. The molecule has 2 heterocycles. The third-order valence-electron chi connectivity index (χ3n) is 6.11. The van der Waals surface area contributed by atoms with E-state index in [1.807, 2.05) is 0 Å². The SMILES string of the molecule is C#Cc1ccc(N2CC(=O)N(Cc3ccc(Cl)cc3)[C@@]3(CCN(C(C)=O)C3)C2=O)c(F)c1. The smallest absolute Gasteiger partial charge is 0.255 e. The minimum atomic E-state index is -1.28. The van der Waals surface area contributed by atoms with Gasteiger partial charge in [0.05, 0.1) is 12.2 Å². The quantitative estimate of drug-likeness (QED) is 0.671. The molecule has 2 fully saturated rings. The molecule has 0 radical (unpaired) electrons. The molecule has 2 aliphatic heterocycles. The summed E-state index contributed by atoms with van der Waals surface area (Å²) in [5.41, 5.74) is -0.147. The summed E-state index contributed by atoms with van der Waals surface area (Å²) in [5, 5.41) is 0.560. The van der Waals surface area contributed by atoms with Gasteiger partial charge in [-0.3, -0.25) is 19.3 Å². The maximum Gasteiger partial charge on any atom is 0.255 e. The lowest BCUT2D eigenvalue weighted by Crippen LogP contribution is -2.69. The van der Waals surface area contributed by atoms with Crippen LogP contribution in [0, 0.1) is 18.2 Å². The van der Waals surface area contributed by atoms with E-state index in [4.69, 9.17) is 18.0 Å². The van der Waals surface area contributed by atoms with Crippen molar-refractivity contribution in [3.05, 3.63) is 64.4 Å². The number of carbonyl (C=O) groups excluding carboxylic acids is 3. The van der Waals surface area contributed by atoms with Crippen molar-refractivity contribution >= 4 is 35.0 Å². The van der Waals surface area contributed by atoms with Crippen molar-refractivity contribution in [1.29, 1.82) is 0 Å². The van der Waals surface area contributed by atoms with Gasteiger partial charge in [0.1, 0.15) is 17.9 Å². The van der Waals surface area contributed by atoms with Gasteiger partial charge in [-0.25, -0.2) is 4.39 Å². The van der Waals surface area contributed by atoms with E-state index in [-0.39, 0.29) is 43.6 Å². The highest BCUT2D eigenvalue weighted by Crippen LogP contribution is 2.37. The molecule has 1 atom stereocenters. The molecule has 0 aliphatic carbocycles. The highest BCUT2D eigenvalue weighted by molar-refractivity contribution is 6.30. The molecule has 0 unspecified atom stereocenters. The molecule has 4 rings (SSSR count). The first-order valence-corrected chi connectivity index (χ1v) is 10.5. The van der Waals surface area contributed by atoms with Crippen LogP contribution in [0.1, 0.15) is 24.5 Å². The average molecular weight is 454 g/mol. The number of halogens is 2. The Labute approximate surface area is 190 Å². The fourth-order valence-electron chi connectivity index (χ4n) is 4.38. The van der Waals surface area contributed by atoms with Crippen LogP contribution in [0.2, 0.25) is 5.02 Å². The Balaban J connectivity index is 1.74. The maximum atomic E-state index is 14.8. The predicted octanol–water partition coefficient (Wildman–Crippen LogP) is 2.83. The lowest BCUT2D eigenvalue weighted by molar-refractivity contribution is -0.151. The van der Waals surface area contributed by atoms with Crippen LogP contribution >= 0.6 is 11.6 Å². The Hall–Kier alpha value is -3.37. The van der Waals surface area contributed by atoms with Gasteiger partial charge in [0, 0.05) is 30.6 Å². The number of carbonyl (C=O) groups is 3. The number of likely N-dealkylation sites (tertiary alicyclic amines) is 1. The van der Waals surface area contributed by atoms with Crippen molar-refractivity contribution in [2.24, 2.45) is 0 Å². The van der Waals surface area contributed by atoms with E-state index >= 15 is 0 Å². The van der Waals surface area contributed by atoms with Gasteiger partial charge in [0.2, 0.25) is 11.8 Å². The van der Waals surface area contributed by atoms with Crippen molar-refractivity contribution < 1.29 is 18.8 Å². The van der Waals surface area contributed by atoms with Crippen LogP contribution in [0.5, 0.6) is 0 Å². The van der Waals surface area contributed by atoms with Crippen LogP contribution in [-0.4, -0.2) is 52.7 Å². The molecule has 2 aliphatic rings. The molecule has 8 heteroatoms. The Morgan fingerprint density at radius 2 is 1.94 bits per heavy atom. The first-order valence-electron chi connectivity index (χ1n) is 10.1. The highest BCUT2D eigenvalue weighted by atomic mass is 35.5. The molecule has 2 aromatic rings. The molecule has 164 valence electrons. The van der Waals surface area contributed by atoms with Crippen LogP contribution in [-0.2, 0) is 20.9 Å². The lowest BCUT2D eigenvalue weighted by atomic mass is 9.89. The zero-order chi connectivity index (χ0) is 23.0. The minimum absolute atomic E-state index is 0.00542. The number of anilines is 1. The molecule has 2 aromatic carbocycles. The van der Waals surface area contributed by atoms with Crippen LogP contribution in [0.15, 0.2) is 42.5 Å². The largest absolute Gasteiger partial charge is 0.340 e. The summed E-state index contributed by atoms with van der Waals surface area (Å²) in [6.07, 6.45) is 5.60. The normalized spacial score (nSPS) is 20.8. The minimum Gasteiger partial charge on any atom is -0.340 e. The van der Waals surface area contributed by atoms with Gasteiger partial charge in [-0.15, -0.1) is 6.42 Å². The van der Waals surface area contributed by atoms with Crippen molar-refractivity contribution in [1.82, 2.24) is 9.80 Å². The Kier molecular flexibility index (Phi) is 5.66.